The van der Waals surface area contributed by atoms with Gasteiger partial charge in [-0.2, -0.15) is 11.8 Å². The van der Waals surface area contributed by atoms with Crippen LogP contribution in [0.2, 0.25) is 0 Å². The highest BCUT2D eigenvalue weighted by atomic mass is 32.2. The van der Waals surface area contributed by atoms with Crippen LogP contribution in [-0.2, 0) is 9.59 Å². The molecule has 1 aliphatic rings. The zero-order chi connectivity index (χ0) is 11.6. The second-order valence-corrected chi connectivity index (χ2v) is 6.61. The lowest BCUT2D eigenvalue weighted by Gasteiger charge is -2.33. The van der Waals surface area contributed by atoms with Gasteiger partial charge in [0, 0.05) is 22.8 Å². The minimum Gasteiger partial charge on any atom is -0.481 e. The Hall–Kier alpha value is -0.510. The Kier molecular flexibility index (Phi) is 3.82. The minimum atomic E-state index is -0.808. The molecule has 0 aliphatic carbocycles. The quantitative estimate of drug-likeness (QED) is 0.807. The molecule has 0 aromatic rings. The number of Topliss-reactive ketones (excluding diaryl/α,β-unsaturated/α-hetero) is 1. The van der Waals surface area contributed by atoms with Crippen molar-refractivity contribution in [3.05, 3.63) is 0 Å². The third kappa shape index (κ3) is 3.52. The zero-order valence-corrected chi connectivity index (χ0v) is 10.3. The maximum Gasteiger partial charge on any atom is 0.306 e. The SMILES string of the molecule is CC(CC1CSC(C)(C)CC1=O)C(=O)O. The fourth-order valence-corrected chi connectivity index (χ4v) is 2.98. The first kappa shape index (κ1) is 12.6. The Morgan fingerprint density at radius 2 is 2.27 bits per heavy atom. The maximum absolute atomic E-state index is 11.8. The van der Waals surface area contributed by atoms with Crippen LogP contribution >= 0.6 is 11.8 Å². The number of hydrogen-bond donors (Lipinski definition) is 1. The average Bonchev–Trinajstić information content (AvgIpc) is 2.08. The van der Waals surface area contributed by atoms with Gasteiger partial charge in [0.05, 0.1) is 5.92 Å². The number of rotatable bonds is 3. The average molecular weight is 230 g/mol. The molecule has 0 saturated carbocycles. The number of carboxylic acids is 1. The van der Waals surface area contributed by atoms with Crippen molar-refractivity contribution >= 4 is 23.5 Å². The predicted molar refractivity (Wildman–Crippen MR) is 61.1 cm³/mol. The Bertz CT molecular complexity index is 273. The summed E-state index contributed by atoms with van der Waals surface area (Å²) in [6.45, 7) is 5.79. The lowest BCUT2D eigenvalue weighted by atomic mass is 9.89. The fourth-order valence-electron chi connectivity index (χ4n) is 1.76. The lowest BCUT2D eigenvalue weighted by molar-refractivity contribution is -0.141. The summed E-state index contributed by atoms with van der Waals surface area (Å²) in [4.78, 5) is 22.5. The van der Waals surface area contributed by atoms with Crippen LogP contribution in [0.1, 0.15) is 33.6 Å². The van der Waals surface area contributed by atoms with Gasteiger partial charge in [0.1, 0.15) is 5.78 Å². The first-order chi connectivity index (χ1) is 6.82. The number of hydrogen-bond acceptors (Lipinski definition) is 3. The standard InChI is InChI=1S/C11H18O3S/c1-7(10(13)14)4-8-6-15-11(2,3)5-9(8)12/h7-8H,4-6H2,1-3H3,(H,13,14). The predicted octanol–water partition coefficient (Wildman–Crippen LogP) is 2.20. The highest BCUT2D eigenvalue weighted by molar-refractivity contribution is 8.00. The molecule has 0 aromatic carbocycles. The van der Waals surface area contributed by atoms with Gasteiger partial charge in [-0.1, -0.05) is 20.8 Å². The molecule has 1 fully saturated rings. The number of carboxylic acid groups (broad SMARTS) is 1. The first-order valence-corrected chi connectivity index (χ1v) is 6.20. The summed E-state index contributed by atoms with van der Waals surface area (Å²) in [5.74, 6) is -0.289. The molecule has 1 aliphatic heterocycles. The van der Waals surface area contributed by atoms with Gasteiger partial charge >= 0.3 is 5.97 Å². The first-order valence-electron chi connectivity index (χ1n) is 5.21. The van der Waals surface area contributed by atoms with Crippen LogP contribution in [0.25, 0.3) is 0 Å². The van der Waals surface area contributed by atoms with Gasteiger partial charge < -0.3 is 5.11 Å². The summed E-state index contributed by atoms with van der Waals surface area (Å²) < 4.78 is 0.0278. The van der Waals surface area contributed by atoms with E-state index in [4.69, 9.17) is 5.11 Å². The Morgan fingerprint density at radius 1 is 1.67 bits per heavy atom. The van der Waals surface area contributed by atoms with Gasteiger partial charge in [-0.25, -0.2) is 0 Å². The number of carbonyl (C=O) groups is 2. The van der Waals surface area contributed by atoms with E-state index in [2.05, 4.69) is 13.8 Å². The molecule has 15 heavy (non-hydrogen) atoms. The molecule has 0 bridgehead atoms. The van der Waals surface area contributed by atoms with E-state index in [0.717, 1.165) is 5.75 Å². The summed E-state index contributed by atoms with van der Waals surface area (Å²) in [6, 6.07) is 0. The van der Waals surface area contributed by atoms with E-state index in [-0.39, 0.29) is 16.4 Å². The largest absolute Gasteiger partial charge is 0.481 e. The summed E-state index contributed by atoms with van der Waals surface area (Å²) in [7, 11) is 0. The Balaban J connectivity index is 2.52. The van der Waals surface area contributed by atoms with Gasteiger partial charge in [-0.05, 0) is 6.42 Å². The molecule has 1 N–H and O–H groups in total. The van der Waals surface area contributed by atoms with E-state index in [9.17, 15) is 9.59 Å². The zero-order valence-electron chi connectivity index (χ0n) is 9.45. The molecule has 1 saturated heterocycles. The van der Waals surface area contributed by atoms with Crippen LogP contribution in [0.5, 0.6) is 0 Å². The topological polar surface area (TPSA) is 54.4 Å². The molecule has 3 nitrogen and oxygen atoms in total. The fraction of sp³-hybridized carbons (Fsp3) is 0.818. The van der Waals surface area contributed by atoms with Crippen LogP contribution in [-0.4, -0.2) is 27.4 Å². The normalized spacial score (nSPS) is 27.4. The van der Waals surface area contributed by atoms with Gasteiger partial charge in [0.2, 0.25) is 0 Å². The van der Waals surface area contributed by atoms with E-state index in [1.807, 2.05) is 0 Å². The molecular weight excluding hydrogens is 212 g/mol. The highest BCUT2D eigenvalue weighted by Gasteiger charge is 2.35. The molecule has 2 atom stereocenters. The maximum atomic E-state index is 11.8. The molecular formula is C11H18O3S. The number of carbonyl (C=O) groups excluding carboxylic acids is 1. The summed E-state index contributed by atoms with van der Waals surface area (Å²) in [6.07, 6.45) is 1.05. The second-order valence-electron chi connectivity index (χ2n) is 4.89. The number of thioether (sulfide) groups is 1. The van der Waals surface area contributed by atoms with Gasteiger partial charge in [0.15, 0.2) is 0 Å². The molecule has 4 heteroatoms. The summed E-state index contributed by atoms with van der Waals surface area (Å²) in [5, 5.41) is 8.78. The van der Waals surface area contributed by atoms with Crippen molar-refractivity contribution in [1.29, 1.82) is 0 Å². The van der Waals surface area contributed by atoms with E-state index in [0.29, 0.717) is 12.8 Å². The van der Waals surface area contributed by atoms with Crippen LogP contribution in [0.15, 0.2) is 0 Å². The van der Waals surface area contributed by atoms with Crippen molar-refractivity contribution in [3.8, 4) is 0 Å². The van der Waals surface area contributed by atoms with Gasteiger partial charge in [-0.3, -0.25) is 9.59 Å². The highest BCUT2D eigenvalue weighted by Crippen LogP contribution is 2.38. The van der Waals surface area contributed by atoms with Crippen LogP contribution in [0, 0.1) is 11.8 Å². The van der Waals surface area contributed by atoms with E-state index in [1.54, 1.807) is 18.7 Å². The second kappa shape index (κ2) is 4.56. The lowest BCUT2D eigenvalue weighted by Crippen LogP contribution is -2.35. The monoisotopic (exact) mass is 230 g/mol. The molecule has 0 radical (unpaired) electrons. The van der Waals surface area contributed by atoms with Crippen LogP contribution in [0.4, 0.5) is 0 Å². The van der Waals surface area contributed by atoms with Crippen molar-refractivity contribution in [2.24, 2.45) is 11.8 Å². The van der Waals surface area contributed by atoms with E-state index < -0.39 is 11.9 Å². The summed E-state index contributed by atoms with van der Waals surface area (Å²) in [5.41, 5.74) is 0. The third-order valence-electron chi connectivity index (χ3n) is 2.79. The third-order valence-corrected chi connectivity index (χ3v) is 4.29. The van der Waals surface area contributed by atoms with Crippen molar-refractivity contribution in [2.45, 2.75) is 38.4 Å². The molecule has 0 spiro atoms. The van der Waals surface area contributed by atoms with E-state index in [1.165, 1.54) is 0 Å². The Morgan fingerprint density at radius 3 is 2.73 bits per heavy atom. The molecule has 1 heterocycles. The molecule has 86 valence electrons. The van der Waals surface area contributed by atoms with Crippen LogP contribution in [0.3, 0.4) is 0 Å². The smallest absolute Gasteiger partial charge is 0.306 e. The van der Waals surface area contributed by atoms with Crippen LogP contribution < -0.4 is 0 Å². The van der Waals surface area contributed by atoms with Crippen molar-refractivity contribution < 1.29 is 14.7 Å². The van der Waals surface area contributed by atoms with Crippen molar-refractivity contribution in [2.75, 3.05) is 5.75 Å². The number of aliphatic carboxylic acids is 1. The van der Waals surface area contributed by atoms with Crippen molar-refractivity contribution in [3.63, 3.8) is 0 Å². The molecule has 0 aromatic heterocycles. The molecule has 1 rings (SSSR count). The molecule has 0 amide bonds. The van der Waals surface area contributed by atoms with E-state index >= 15 is 0 Å². The van der Waals surface area contributed by atoms with Gasteiger partial charge in [-0.15, -0.1) is 0 Å². The number of ketones is 1. The summed E-state index contributed by atoms with van der Waals surface area (Å²) >= 11 is 1.77. The molecule has 2 unspecified atom stereocenters. The minimum absolute atomic E-state index is 0.0278. The van der Waals surface area contributed by atoms with Gasteiger partial charge in [0.25, 0.3) is 0 Å². The Labute approximate surface area is 94.6 Å². The van der Waals surface area contributed by atoms with Crippen molar-refractivity contribution in [1.82, 2.24) is 0 Å².